The zero-order valence-corrected chi connectivity index (χ0v) is 11.4. The molecule has 0 spiro atoms. The molecule has 1 aromatic rings. The van der Waals surface area contributed by atoms with Crippen LogP contribution in [0.2, 0.25) is 0 Å². The Morgan fingerprint density at radius 2 is 2.05 bits per heavy atom. The summed E-state index contributed by atoms with van der Waals surface area (Å²) in [6.45, 7) is 0.340. The van der Waals surface area contributed by atoms with E-state index in [1.165, 1.54) is 0 Å². The number of nitrogens with one attached hydrogen (secondary N) is 1. The normalized spacial score (nSPS) is 26.0. The average Bonchev–Trinajstić information content (AvgIpc) is 2.48. The number of aliphatic hydroxyl groups is 2. The van der Waals surface area contributed by atoms with Crippen molar-refractivity contribution in [1.82, 2.24) is 5.32 Å². The summed E-state index contributed by atoms with van der Waals surface area (Å²) in [5, 5.41) is 21.5. The molecule has 1 aliphatic carbocycles. The highest BCUT2D eigenvalue weighted by molar-refractivity contribution is 5.67. The maximum Gasteiger partial charge on any atom is 0.407 e. The first-order valence-corrected chi connectivity index (χ1v) is 6.96. The Bertz CT molecular complexity index is 423. The van der Waals surface area contributed by atoms with Gasteiger partial charge in [0.2, 0.25) is 0 Å². The molecule has 1 fully saturated rings. The van der Waals surface area contributed by atoms with E-state index in [-0.39, 0.29) is 18.6 Å². The average molecular weight is 279 g/mol. The van der Waals surface area contributed by atoms with Gasteiger partial charge in [0.05, 0.1) is 6.10 Å². The van der Waals surface area contributed by atoms with Crippen molar-refractivity contribution in [2.75, 3.05) is 6.61 Å². The fourth-order valence-electron chi connectivity index (χ4n) is 2.51. The summed E-state index contributed by atoms with van der Waals surface area (Å²) < 4.78 is 5.34. The van der Waals surface area contributed by atoms with Gasteiger partial charge in [-0.1, -0.05) is 30.3 Å². The van der Waals surface area contributed by atoms with Crippen molar-refractivity contribution in [1.29, 1.82) is 0 Å². The van der Waals surface area contributed by atoms with Crippen LogP contribution in [0.25, 0.3) is 0 Å². The number of ether oxygens (including phenoxy) is 1. The van der Waals surface area contributed by atoms with Gasteiger partial charge < -0.3 is 20.3 Å². The third kappa shape index (κ3) is 4.21. The molecule has 0 bridgehead atoms. The van der Waals surface area contributed by atoms with Crippen LogP contribution in [0.4, 0.5) is 4.79 Å². The molecule has 1 aromatic carbocycles. The maximum absolute atomic E-state index is 11.8. The third-order valence-electron chi connectivity index (χ3n) is 3.66. The Hall–Kier alpha value is -1.59. The number of benzene rings is 1. The van der Waals surface area contributed by atoms with Gasteiger partial charge >= 0.3 is 6.09 Å². The van der Waals surface area contributed by atoms with Crippen molar-refractivity contribution in [2.45, 2.75) is 38.0 Å². The van der Waals surface area contributed by atoms with Crippen LogP contribution >= 0.6 is 0 Å². The summed E-state index contributed by atoms with van der Waals surface area (Å²) in [4.78, 5) is 11.8. The second kappa shape index (κ2) is 7.26. The Balaban J connectivity index is 1.79. The second-order valence-electron chi connectivity index (χ2n) is 5.19. The zero-order chi connectivity index (χ0) is 14.4. The third-order valence-corrected chi connectivity index (χ3v) is 3.66. The molecule has 0 unspecified atom stereocenters. The van der Waals surface area contributed by atoms with Crippen LogP contribution in [0.5, 0.6) is 0 Å². The summed E-state index contributed by atoms with van der Waals surface area (Å²) in [5.41, 5.74) is 1.00. The largest absolute Gasteiger partial charge is 0.446 e. The van der Waals surface area contributed by atoms with Crippen LogP contribution < -0.4 is 5.32 Å². The molecular weight excluding hydrogens is 258 g/mol. The van der Waals surface area contributed by atoms with Crippen LogP contribution in [0.3, 0.4) is 0 Å². The number of hydrogen-bond donors (Lipinski definition) is 3. The van der Waals surface area contributed by atoms with E-state index >= 15 is 0 Å². The van der Waals surface area contributed by atoms with Gasteiger partial charge in [-0.2, -0.15) is 0 Å². The Kier molecular flexibility index (Phi) is 5.38. The lowest BCUT2D eigenvalue weighted by Crippen LogP contribution is -2.39. The molecule has 3 atom stereocenters. The summed E-state index contributed by atoms with van der Waals surface area (Å²) in [6.07, 6.45) is 0.470. The molecule has 1 aliphatic rings. The molecule has 3 N–H and O–H groups in total. The van der Waals surface area contributed by atoms with Crippen molar-refractivity contribution in [3.8, 4) is 0 Å². The van der Waals surface area contributed by atoms with Crippen LogP contribution in [-0.2, 0) is 11.3 Å². The number of amides is 1. The molecular formula is C15H21NO4. The minimum Gasteiger partial charge on any atom is -0.446 e. The lowest BCUT2D eigenvalue weighted by molar-refractivity contribution is -0.0248. The molecule has 5 nitrogen and oxygen atoms in total. The molecule has 0 aromatic heterocycles. The number of hydrogen-bond acceptors (Lipinski definition) is 4. The number of alkyl carbamates (subject to hydrolysis) is 1. The predicted octanol–water partition coefficient (Wildman–Crippen LogP) is 1.43. The Morgan fingerprint density at radius 1 is 1.30 bits per heavy atom. The molecule has 110 valence electrons. The number of aliphatic hydroxyl groups excluding tert-OH is 2. The first-order chi connectivity index (χ1) is 9.69. The van der Waals surface area contributed by atoms with Gasteiger partial charge in [0, 0.05) is 19.1 Å². The fraction of sp³-hybridized carbons (Fsp3) is 0.533. The van der Waals surface area contributed by atoms with Crippen molar-refractivity contribution in [3.63, 3.8) is 0 Å². The van der Waals surface area contributed by atoms with Crippen LogP contribution in [0, 0.1) is 5.92 Å². The Morgan fingerprint density at radius 3 is 2.75 bits per heavy atom. The minimum atomic E-state index is -0.478. The Labute approximate surface area is 118 Å². The first kappa shape index (κ1) is 14.8. The van der Waals surface area contributed by atoms with Gasteiger partial charge in [0.1, 0.15) is 6.10 Å². The van der Waals surface area contributed by atoms with E-state index in [1.54, 1.807) is 0 Å². The monoisotopic (exact) mass is 279 g/mol. The molecule has 20 heavy (non-hydrogen) atoms. The van der Waals surface area contributed by atoms with Gasteiger partial charge in [-0.3, -0.25) is 0 Å². The number of carbonyl (C=O) groups excluding carboxylic acids is 1. The molecule has 1 amide bonds. The van der Waals surface area contributed by atoms with Crippen molar-refractivity contribution >= 4 is 6.09 Å². The van der Waals surface area contributed by atoms with E-state index in [2.05, 4.69) is 5.32 Å². The zero-order valence-electron chi connectivity index (χ0n) is 11.4. The lowest BCUT2D eigenvalue weighted by Gasteiger charge is -2.32. The van der Waals surface area contributed by atoms with Crippen LogP contribution in [0.15, 0.2) is 30.3 Å². The lowest BCUT2D eigenvalue weighted by atomic mass is 9.85. The molecule has 5 heteroatoms. The van der Waals surface area contributed by atoms with Gasteiger partial charge in [0.15, 0.2) is 0 Å². The van der Waals surface area contributed by atoms with E-state index in [1.807, 2.05) is 30.3 Å². The van der Waals surface area contributed by atoms with Crippen LogP contribution in [-0.4, -0.2) is 35.1 Å². The van der Waals surface area contributed by atoms with E-state index in [4.69, 9.17) is 4.74 Å². The summed E-state index contributed by atoms with van der Waals surface area (Å²) in [6, 6.07) is 9.59. The first-order valence-electron chi connectivity index (χ1n) is 6.96. The fourth-order valence-corrected chi connectivity index (χ4v) is 2.51. The van der Waals surface area contributed by atoms with Gasteiger partial charge in [-0.25, -0.2) is 4.79 Å². The highest BCUT2D eigenvalue weighted by Gasteiger charge is 2.31. The number of rotatable bonds is 4. The summed E-state index contributed by atoms with van der Waals surface area (Å²) in [5.74, 6) is -0.179. The molecule has 0 aliphatic heterocycles. The minimum absolute atomic E-state index is 0.0757. The topological polar surface area (TPSA) is 78.8 Å². The number of carbonyl (C=O) groups is 1. The van der Waals surface area contributed by atoms with E-state index in [9.17, 15) is 15.0 Å². The van der Waals surface area contributed by atoms with Crippen molar-refractivity contribution < 1.29 is 19.7 Å². The molecule has 0 saturated heterocycles. The maximum atomic E-state index is 11.8. The smallest absolute Gasteiger partial charge is 0.407 e. The van der Waals surface area contributed by atoms with Crippen LogP contribution in [0.1, 0.15) is 24.8 Å². The second-order valence-corrected chi connectivity index (χ2v) is 5.19. The van der Waals surface area contributed by atoms with Gasteiger partial charge in [-0.15, -0.1) is 0 Å². The van der Waals surface area contributed by atoms with E-state index < -0.39 is 12.2 Å². The highest BCUT2D eigenvalue weighted by Crippen LogP contribution is 2.27. The summed E-state index contributed by atoms with van der Waals surface area (Å²) in [7, 11) is 0. The molecule has 1 saturated carbocycles. The summed E-state index contributed by atoms with van der Waals surface area (Å²) >= 11 is 0. The predicted molar refractivity (Wildman–Crippen MR) is 74.0 cm³/mol. The van der Waals surface area contributed by atoms with Crippen molar-refractivity contribution in [2.24, 2.45) is 5.92 Å². The molecule has 2 rings (SSSR count). The standard InChI is InChI=1S/C15H21NO4/c17-10-12-8-13(18)6-7-14(12)20-15(19)16-9-11-4-2-1-3-5-11/h1-5,12-14,17-18H,6-10H2,(H,16,19)/t12-,13-,14+/m1/s1. The van der Waals surface area contributed by atoms with Crippen molar-refractivity contribution in [3.05, 3.63) is 35.9 Å². The highest BCUT2D eigenvalue weighted by atomic mass is 16.6. The molecule has 0 radical (unpaired) electrons. The SMILES string of the molecule is O=C(NCc1ccccc1)O[C@H]1CC[C@@H](O)C[C@@H]1CO. The quantitative estimate of drug-likeness (QED) is 0.779. The van der Waals surface area contributed by atoms with Gasteiger partial charge in [0.25, 0.3) is 0 Å². The molecule has 0 heterocycles. The van der Waals surface area contributed by atoms with E-state index in [0.29, 0.717) is 25.8 Å². The van der Waals surface area contributed by atoms with E-state index in [0.717, 1.165) is 5.56 Å². The van der Waals surface area contributed by atoms with Gasteiger partial charge in [-0.05, 0) is 24.8 Å².